The summed E-state index contributed by atoms with van der Waals surface area (Å²) in [7, 11) is 0. The Morgan fingerprint density at radius 2 is 1.85 bits per heavy atom. The van der Waals surface area contributed by atoms with Gasteiger partial charge in [0.25, 0.3) is 0 Å². The molecule has 0 aliphatic rings. The molecule has 0 spiro atoms. The summed E-state index contributed by atoms with van der Waals surface area (Å²) in [6.45, 7) is 1.45. The van der Waals surface area contributed by atoms with Gasteiger partial charge in [0.05, 0.1) is 5.56 Å². The van der Waals surface area contributed by atoms with Crippen LogP contribution in [0.5, 0.6) is 0 Å². The van der Waals surface area contributed by atoms with Gasteiger partial charge < -0.3 is 0 Å². The molecule has 0 radical (unpaired) electrons. The molecule has 20 heavy (non-hydrogen) atoms. The average Bonchev–Trinajstić information content (AvgIpc) is 2.33. The van der Waals surface area contributed by atoms with Crippen LogP contribution in [0.2, 0.25) is 0 Å². The molecule has 2 aromatic rings. The minimum atomic E-state index is -0.909. The van der Waals surface area contributed by atoms with E-state index in [-0.39, 0.29) is 12.0 Å². The highest BCUT2D eigenvalue weighted by molar-refractivity contribution is 9.10. The molecular formula is C15H10BrF3O. The standard InChI is InChI=1S/C15H10BrF3O/c1-8-2-3-12(18)14(15(8)19)13(20)6-9-4-10(16)7-11(17)5-9/h2-5,7H,6H2,1H3. The molecule has 0 aromatic heterocycles. The third kappa shape index (κ3) is 3.10. The SMILES string of the molecule is Cc1ccc(F)c(C(=O)Cc2cc(F)cc(Br)c2)c1F. The maximum atomic E-state index is 13.8. The van der Waals surface area contributed by atoms with Crippen molar-refractivity contribution in [2.75, 3.05) is 0 Å². The fourth-order valence-electron chi connectivity index (χ4n) is 1.90. The maximum absolute atomic E-state index is 13.8. The zero-order valence-corrected chi connectivity index (χ0v) is 12.1. The van der Waals surface area contributed by atoms with Crippen molar-refractivity contribution >= 4 is 21.7 Å². The van der Waals surface area contributed by atoms with Crippen molar-refractivity contribution in [3.63, 3.8) is 0 Å². The number of rotatable bonds is 3. The van der Waals surface area contributed by atoms with E-state index in [0.717, 1.165) is 12.1 Å². The van der Waals surface area contributed by atoms with E-state index in [2.05, 4.69) is 15.9 Å². The minimum Gasteiger partial charge on any atom is -0.294 e. The first-order valence-electron chi connectivity index (χ1n) is 5.81. The predicted molar refractivity (Wildman–Crippen MR) is 73.2 cm³/mol. The van der Waals surface area contributed by atoms with Crippen LogP contribution in [0.15, 0.2) is 34.8 Å². The van der Waals surface area contributed by atoms with Crippen LogP contribution in [-0.2, 0) is 6.42 Å². The number of benzene rings is 2. The molecule has 0 fully saturated rings. The summed E-state index contributed by atoms with van der Waals surface area (Å²) in [6.07, 6.45) is -0.270. The Bertz CT molecular complexity index is 663. The van der Waals surface area contributed by atoms with Crippen molar-refractivity contribution < 1.29 is 18.0 Å². The first kappa shape index (κ1) is 14.8. The Hall–Kier alpha value is -1.62. The molecule has 104 valence electrons. The molecular weight excluding hydrogens is 333 g/mol. The molecule has 1 nitrogen and oxygen atoms in total. The summed E-state index contributed by atoms with van der Waals surface area (Å²) in [5, 5.41) is 0. The molecule has 0 heterocycles. The van der Waals surface area contributed by atoms with Gasteiger partial charge in [-0.1, -0.05) is 22.0 Å². The molecule has 0 unspecified atom stereocenters. The maximum Gasteiger partial charge on any atom is 0.173 e. The van der Waals surface area contributed by atoms with Gasteiger partial charge in [0.2, 0.25) is 0 Å². The lowest BCUT2D eigenvalue weighted by molar-refractivity contribution is 0.0984. The summed E-state index contributed by atoms with van der Waals surface area (Å²) in [6, 6.07) is 6.25. The number of aryl methyl sites for hydroxylation is 1. The summed E-state index contributed by atoms with van der Waals surface area (Å²) in [5.41, 5.74) is -0.0391. The minimum absolute atomic E-state index is 0.190. The van der Waals surface area contributed by atoms with E-state index < -0.39 is 28.8 Å². The number of hydrogen-bond donors (Lipinski definition) is 0. The average molecular weight is 343 g/mol. The number of hydrogen-bond acceptors (Lipinski definition) is 1. The van der Waals surface area contributed by atoms with Crippen LogP contribution in [0.4, 0.5) is 13.2 Å². The van der Waals surface area contributed by atoms with Crippen molar-refractivity contribution in [2.24, 2.45) is 0 Å². The highest BCUT2D eigenvalue weighted by Crippen LogP contribution is 2.20. The molecule has 0 atom stereocenters. The number of carbonyl (C=O) groups excluding carboxylic acids is 1. The Labute approximate surface area is 122 Å². The Morgan fingerprint density at radius 1 is 1.15 bits per heavy atom. The molecule has 0 bridgehead atoms. The number of halogens is 4. The van der Waals surface area contributed by atoms with Gasteiger partial charge in [0.15, 0.2) is 5.78 Å². The third-order valence-corrected chi connectivity index (χ3v) is 3.31. The quantitative estimate of drug-likeness (QED) is 0.745. The zero-order chi connectivity index (χ0) is 14.9. The molecule has 2 rings (SSSR count). The highest BCUT2D eigenvalue weighted by atomic mass is 79.9. The normalized spacial score (nSPS) is 10.7. The summed E-state index contributed by atoms with van der Waals surface area (Å²) in [4.78, 5) is 12.0. The second kappa shape index (κ2) is 5.79. The lowest BCUT2D eigenvalue weighted by Gasteiger charge is -2.07. The van der Waals surface area contributed by atoms with Gasteiger partial charge in [-0.15, -0.1) is 0 Å². The Kier molecular flexibility index (Phi) is 4.28. The Balaban J connectivity index is 2.35. The first-order valence-corrected chi connectivity index (χ1v) is 6.60. The summed E-state index contributed by atoms with van der Waals surface area (Å²) >= 11 is 3.10. The van der Waals surface area contributed by atoms with E-state index in [0.29, 0.717) is 10.0 Å². The van der Waals surface area contributed by atoms with Crippen LogP contribution >= 0.6 is 15.9 Å². The summed E-state index contributed by atoms with van der Waals surface area (Å²) < 4.78 is 41.1. The lowest BCUT2D eigenvalue weighted by atomic mass is 10.00. The van der Waals surface area contributed by atoms with E-state index in [1.807, 2.05) is 0 Å². The van der Waals surface area contributed by atoms with Crippen LogP contribution in [0.25, 0.3) is 0 Å². The van der Waals surface area contributed by atoms with Gasteiger partial charge in [0, 0.05) is 10.9 Å². The molecule has 0 amide bonds. The molecule has 2 aromatic carbocycles. The molecule has 5 heteroatoms. The van der Waals surface area contributed by atoms with Crippen molar-refractivity contribution in [1.82, 2.24) is 0 Å². The first-order chi connectivity index (χ1) is 9.38. The highest BCUT2D eigenvalue weighted by Gasteiger charge is 2.19. The smallest absolute Gasteiger partial charge is 0.173 e. The summed E-state index contributed by atoms with van der Waals surface area (Å²) in [5.74, 6) is -3.02. The fraction of sp³-hybridized carbons (Fsp3) is 0.133. The van der Waals surface area contributed by atoms with Crippen molar-refractivity contribution in [3.8, 4) is 0 Å². The number of carbonyl (C=O) groups is 1. The molecule has 0 aliphatic carbocycles. The van der Waals surface area contributed by atoms with Crippen LogP contribution in [0, 0.1) is 24.4 Å². The van der Waals surface area contributed by atoms with E-state index in [1.54, 1.807) is 0 Å². The molecule has 0 N–H and O–H groups in total. The molecule has 0 saturated carbocycles. The number of ketones is 1. The van der Waals surface area contributed by atoms with Crippen LogP contribution in [0.3, 0.4) is 0 Å². The second-order valence-corrected chi connectivity index (χ2v) is 5.35. The van der Waals surface area contributed by atoms with Crippen LogP contribution < -0.4 is 0 Å². The number of Topliss-reactive ketones (excluding diaryl/α,β-unsaturated/α-hetero) is 1. The van der Waals surface area contributed by atoms with E-state index >= 15 is 0 Å². The van der Waals surface area contributed by atoms with Crippen molar-refractivity contribution in [2.45, 2.75) is 13.3 Å². The van der Waals surface area contributed by atoms with Gasteiger partial charge in [-0.05, 0) is 42.3 Å². The lowest BCUT2D eigenvalue weighted by Crippen LogP contribution is -2.10. The monoisotopic (exact) mass is 342 g/mol. The second-order valence-electron chi connectivity index (χ2n) is 4.43. The molecule has 0 aliphatic heterocycles. The van der Waals surface area contributed by atoms with E-state index in [9.17, 15) is 18.0 Å². The van der Waals surface area contributed by atoms with Gasteiger partial charge in [-0.25, -0.2) is 13.2 Å². The van der Waals surface area contributed by atoms with Crippen LogP contribution in [-0.4, -0.2) is 5.78 Å². The van der Waals surface area contributed by atoms with E-state index in [1.165, 1.54) is 25.1 Å². The van der Waals surface area contributed by atoms with Crippen molar-refractivity contribution in [3.05, 3.63) is 68.9 Å². The van der Waals surface area contributed by atoms with Gasteiger partial charge in [-0.2, -0.15) is 0 Å². The fourth-order valence-corrected chi connectivity index (χ4v) is 2.41. The van der Waals surface area contributed by atoms with Gasteiger partial charge >= 0.3 is 0 Å². The van der Waals surface area contributed by atoms with Crippen molar-refractivity contribution in [1.29, 1.82) is 0 Å². The van der Waals surface area contributed by atoms with Gasteiger partial charge in [-0.3, -0.25) is 4.79 Å². The van der Waals surface area contributed by atoms with Crippen LogP contribution in [0.1, 0.15) is 21.5 Å². The van der Waals surface area contributed by atoms with Gasteiger partial charge in [0.1, 0.15) is 17.5 Å². The molecule has 0 saturated heterocycles. The predicted octanol–water partition coefficient (Wildman–Crippen LogP) is 4.60. The largest absolute Gasteiger partial charge is 0.294 e. The Morgan fingerprint density at radius 3 is 2.50 bits per heavy atom. The topological polar surface area (TPSA) is 17.1 Å². The van der Waals surface area contributed by atoms with E-state index in [4.69, 9.17) is 0 Å². The zero-order valence-electron chi connectivity index (χ0n) is 10.5. The third-order valence-electron chi connectivity index (χ3n) is 2.85.